The molecule has 15 heavy (non-hydrogen) atoms. The standard InChI is InChI=1S/C12H23N3/c1-12(2)9-10(12)14-11(13)15-7-5-3-4-6-8-15/h10H,3-9H2,1-2H3,(H2,13,14)/t10-/m0/s1. The maximum Gasteiger partial charge on any atom is 0.191 e. The van der Waals surface area contributed by atoms with Crippen LogP contribution >= 0.6 is 0 Å². The van der Waals surface area contributed by atoms with Crippen LogP contribution in [0.1, 0.15) is 46.0 Å². The van der Waals surface area contributed by atoms with E-state index in [1.165, 1.54) is 32.1 Å². The molecule has 2 N–H and O–H groups in total. The number of nitrogens with two attached hydrogens (primary N) is 1. The lowest BCUT2D eigenvalue weighted by atomic mass is 10.2. The highest BCUT2D eigenvalue weighted by atomic mass is 15.3. The van der Waals surface area contributed by atoms with E-state index in [1.807, 2.05) is 0 Å². The van der Waals surface area contributed by atoms with E-state index in [2.05, 4.69) is 23.7 Å². The van der Waals surface area contributed by atoms with Crippen LogP contribution in [0.15, 0.2) is 4.99 Å². The Morgan fingerprint density at radius 2 is 1.73 bits per heavy atom. The van der Waals surface area contributed by atoms with E-state index >= 15 is 0 Å². The van der Waals surface area contributed by atoms with Crippen LogP contribution in [0.2, 0.25) is 0 Å². The quantitative estimate of drug-likeness (QED) is 0.530. The summed E-state index contributed by atoms with van der Waals surface area (Å²) in [7, 11) is 0. The minimum Gasteiger partial charge on any atom is -0.370 e. The lowest BCUT2D eigenvalue weighted by Gasteiger charge is -2.21. The number of guanidine groups is 1. The lowest BCUT2D eigenvalue weighted by Crippen LogP contribution is -2.38. The summed E-state index contributed by atoms with van der Waals surface area (Å²) < 4.78 is 0. The summed E-state index contributed by atoms with van der Waals surface area (Å²) in [6.45, 7) is 6.72. The van der Waals surface area contributed by atoms with Crippen molar-refractivity contribution in [3.05, 3.63) is 0 Å². The molecule has 1 aliphatic carbocycles. The molecule has 3 heteroatoms. The Labute approximate surface area is 92.7 Å². The summed E-state index contributed by atoms with van der Waals surface area (Å²) in [5.41, 5.74) is 6.46. The van der Waals surface area contributed by atoms with Gasteiger partial charge in [-0.15, -0.1) is 0 Å². The Bertz CT molecular complexity index is 250. The highest BCUT2D eigenvalue weighted by Crippen LogP contribution is 2.47. The predicted molar refractivity (Wildman–Crippen MR) is 63.8 cm³/mol. The van der Waals surface area contributed by atoms with E-state index in [1.54, 1.807) is 0 Å². The van der Waals surface area contributed by atoms with Crippen molar-refractivity contribution in [1.29, 1.82) is 0 Å². The fourth-order valence-corrected chi connectivity index (χ4v) is 2.20. The third-order valence-electron chi connectivity index (χ3n) is 3.68. The molecule has 2 aliphatic rings. The highest BCUT2D eigenvalue weighted by Gasteiger charge is 2.46. The molecular formula is C12H23N3. The molecule has 1 heterocycles. The highest BCUT2D eigenvalue weighted by molar-refractivity contribution is 5.78. The monoisotopic (exact) mass is 209 g/mol. The molecule has 2 rings (SSSR count). The first-order chi connectivity index (χ1) is 7.09. The van der Waals surface area contributed by atoms with Gasteiger partial charge in [0.1, 0.15) is 0 Å². The summed E-state index contributed by atoms with van der Waals surface area (Å²) in [5.74, 6) is 0.785. The van der Waals surface area contributed by atoms with Crippen LogP contribution < -0.4 is 5.73 Å². The van der Waals surface area contributed by atoms with Crippen LogP contribution in [-0.2, 0) is 0 Å². The molecule has 1 aliphatic heterocycles. The summed E-state index contributed by atoms with van der Waals surface area (Å²) in [5, 5.41) is 0. The third-order valence-corrected chi connectivity index (χ3v) is 3.68. The number of hydrogen-bond acceptors (Lipinski definition) is 1. The van der Waals surface area contributed by atoms with E-state index in [-0.39, 0.29) is 0 Å². The van der Waals surface area contributed by atoms with E-state index in [9.17, 15) is 0 Å². The molecule has 0 spiro atoms. The van der Waals surface area contributed by atoms with Gasteiger partial charge in [-0.3, -0.25) is 0 Å². The Morgan fingerprint density at radius 1 is 1.20 bits per heavy atom. The zero-order valence-electron chi connectivity index (χ0n) is 10.00. The molecule has 0 aromatic carbocycles. The molecule has 0 amide bonds. The van der Waals surface area contributed by atoms with Gasteiger partial charge in [0.05, 0.1) is 6.04 Å². The van der Waals surface area contributed by atoms with Crippen LogP contribution in [0, 0.1) is 5.41 Å². The largest absolute Gasteiger partial charge is 0.370 e. The van der Waals surface area contributed by atoms with Gasteiger partial charge in [-0.2, -0.15) is 0 Å². The first-order valence-electron chi connectivity index (χ1n) is 6.18. The van der Waals surface area contributed by atoms with Crippen LogP contribution in [0.4, 0.5) is 0 Å². The Balaban J connectivity index is 1.91. The van der Waals surface area contributed by atoms with Gasteiger partial charge in [0, 0.05) is 13.1 Å². The average molecular weight is 209 g/mol. The van der Waals surface area contributed by atoms with E-state index in [0.29, 0.717) is 11.5 Å². The Morgan fingerprint density at radius 3 is 2.20 bits per heavy atom. The van der Waals surface area contributed by atoms with E-state index in [0.717, 1.165) is 19.0 Å². The van der Waals surface area contributed by atoms with Crippen molar-refractivity contribution in [2.24, 2.45) is 16.1 Å². The van der Waals surface area contributed by atoms with Crippen molar-refractivity contribution in [2.75, 3.05) is 13.1 Å². The molecule has 0 radical (unpaired) electrons. The predicted octanol–water partition coefficient (Wildman–Crippen LogP) is 1.98. The zero-order chi connectivity index (χ0) is 10.9. The molecular weight excluding hydrogens is 186 g/mol. The fraction of sp³-hybridized carbons (Fsp3) is 0.917. The minimum atomic E-state index is 0.399. The molecule has 1 atom stereocenters. The number of hydrogen-bond donors (Lipinski definition) is 1. The van der Waals surface area contributed by atoms with Crippen molar-refractivity contribution < 1.29 is 0 Å². The van der Waals surface area contributed by atoms with Gasteiger partial charge in [0.2, 0.25) is 0 Å². The molecule has 1 saturated carbocycles. The van der Waals surface area contributed by atoms with E-state index in [4.69, 9.17) is 5.73 Å². The molecule has 3 nitrogen and oxygen atoms in total. The van der Waals surface area contributed by atoms with Crippen molar-refractivity contribution in [3.8, 4) is 0 Å². The van der Waals surface area contributed by atoms with Crippen LogP contribution in [0.25, 0.3) is 0 Å². The van der Waals surface area contributed by atoms with Crippen molar-refractivity contribution in [2.45, 2.75) is 52.0 Å². The van der Waals surface area contributed by atoms with Gasteiger partial charge in [-0.1, -0.05) is 26.7 Å². The molecule has 2 fully saturated rings. The molecule has 0 bridgehead atoms. The van der Waals surface area contributed by atoms with Gasteiger partial charge in [0.25, 0.3) is 0 Å². The Hall–Kier alpha value is -0.730. The second kappa shape index (κ2) is 4.03. The van der Waals surface area contributed by atoms with Gasteiger partial charge < -0.3 is 10.6 Å². The third kappa shape index (κ3) is 2.64. The SMILES string of the molecule is CC1(C)C[C@@H]1N=C(N)N1CCCCCC1. The lowest BCUT2D eigenvalue weighted by molar-refractivity contribution is 0.427. The summed E-state index contributed by atoms with van der Waals surface area (Å²) in [6.07, 6.45) is 6.42. The molecule has 0 aromatic heterocycles. The molecule has 86 valence electrons. The first kappa shape index (κ1) is 10.8. The number of nitrogens with zero attached hydrogens (tertiary/aromatic N) is 2. The number of aliphatic imine (C=N–C) groups is 1. The number of rotatable bonds is 1. The number of likely N-dealkylation sites (tertiary alicyclic amines) is 1. The topological polar surface area (TPSA) is 41.6 Å². The maximum absolute atomic E-state index is 6.06. The van der Waals surface area contributed by atoms with Gasteiger partial charge in [-0.05, 0) is 24.7 Å². The van der Waals surface area contributed by atoms with Gasteiger partial charge >= 0.3 is 0 Å². The van der Waals surface area contributed by atoms with Crippen molar-refractivity contribution in [1.82, 2.24) is 4.90 Å². The maximum atomic E-state index is 6.06. The normalized spacial score (nSPS) is 31.2. The van der Waals surface area contributed by atoms with Gasteiger partial charge in [0.15, 0.2) is 5.96 Å². The van der Waals surface area contributed by atoms with Crippen molar-refractivity contribution >= 4 is 5.96 Å². The fourth-order valence-electron chi connectivity index (χ4n) is 2.20. The smallest absolute Gasteiger partial charge is 0.191 e. The molecule has 0 unspecified atom stereocenters. The first-order valence-corrected chi connectivity index (χ1v) is 6.18. The molecule has 0 aromatic rings. The van der Waals surface area contributed by atoms with Crippen LogP contribution in [0.5, 0.6) is 0 Å². The summed E-state index contributed by atoms with van der Waals surface area (Å²) in [6, 6.07) is 0.473. The zero-order valence-corrected chi connectivity index (χ0v) is 10.00. The van der Waals surface area contributed by atoms with Crippen molar-refractivity contribution in [3.63, 3.8) is 0 Å². The summed E-state index contributed by atoms with van der Waals surface area (Å²) >= 11 is 0. The Kier molecular flexibility index (Phi) is 2.89. The van der Waals surface area contributed by atoms with Crippen LogP contribution in [0.3, 0.4) is 0 Å². The van der Waals surface area contributed by atoms with Crippen LogP contribution in [-0.4, -0.2) is 30.0 Å². The summed E-state index contributed by atoms with van der Waals surface area (Å²) in [4.78, 5) is 6.89. The second-order valence-corrected chi connectivity index (χ2v) is 5.60. The van der Waals surface area contributed by atoms with E-state index < -0.39 is 0 Å². The second-order valence-electron chi connectivity index (χ2n) is 5.60. The van der Waals surface area contributed by atoms with Gasteiger partial charge in [-0.25, -0.2) is 4.99 Å². The average Bonchev–Trinajstić information content (AvgIpc) is 2.84. The molecule has 1 saturated heterocycles. The minimum absolute atomic E-state index is 0.399.